The molecule has 0 radical (unpaired) electrons. The van der Waals surface area contributed by atoms with Gasteiger partial charge in [0.15, 0.2) is 0 Å². The van der Waals surface area contributed by atoms with E-state index >= 15 is 0 Å². The Kier molecular flexibility index (Phi) is 5.80. The summed E-state index contributed by atoms with van der Waals surface area (Å²) in [5.74, 6) is 2.42. The Hall–Kier alpha value is -1.69. The van der Waals surface area contributed by atoms with Gasteiger partial charge in [-0.2, -0.15) is 0 Å². The molecule has 0 atom stereocenters. The van der Waals surface area contributed by atoms with E-state index in [2.05, 4.69) is 13.8 Å². The largest absolute Gasteiger partial charge is 0.497 e. The van der Waals surface area contributed by atoms with E-state index in [0.717, 1.165) is 44.0 Å². The van der Waals surface area contributed by atoms with Crippen LogP contribution in [-0.2, 0) is 4.79 Å². The summed E-state index contributed by atoms with van der Waals surface area (Å²) in [6.45, 7) is 6.40. The third-order valence-electron chi connectivity index (χ3n) is 5.24. The molecule has 0 bridgehead atoms. The lowest BCUT2D eigenvalue weighted by atomic mass is 9.99. The summed E-state index contributed by atoms with van der Waals surface area (Å²) >= 11 is 1.87. The molecule has 2 aliphatic heterocycles. The number of methoxy groups -OCH3 is 1. The molecule has 0 unspecified atom stereocenters. The third kappa shape index (κ3) is 3.85. The number of amides is 2. The van der Waals surface area contributed by atoms with Crippen LogP contribution in [0.1, 0.15) is 43.5 Å². The van der Waals surface area contributed by atoms with E-state index in [1.54, 1.807) is 7.11 Å². The molecule has 0 aromatic heterocycles. The molecule has 2 saturated heterocycles. The number of hydrogen-bond donors (Lipinski definition) is 0. The Morgan fingerprint density at radius 3 is 2.38 bits per heavy atom. The zero-order chi connectivity index (χ0) is 18.7. The second-order valence-electron chi connectivity index (χ2n) is 7.46. The van der Waals surface area contributed by atoms with Crippen LogP contribution in [0.3, 0.4) is 0 Å². The lowest BCUT2D eigenvalue weighted by molar-refractivity contribution is -0.133. The van der Waals surface area contributed by atoms with Gasteiger partial charge in [0.05, 0.1) is 12.0 Å². The van der Waals surface area contributed by atoms with E-state index in [0.29, 0.717) is 17.9 Å². The summed E-state index contributed by atoms with van der Waals surface area (Å²) in [6.07, 6.45) is 2.31. The van der Waals surface area contributed by atoms with Crippen LogP contribution in [0.4, 0.5) is 0 Å². The van der Waals surface area contributed by atoms with E-state index in [9.17, 15) is 9.59 Å². The van der Waals surface area contributed by atoms with Crippen LogP contribution < -0.4 is 4.74 Å². The highest BCUT2D eigenvalue weighted by Gasteiger charge is 2.47. The number of rotatable bonds is 4. The van der Waals surface area contributed by atoms with E-state index in [1.807, 2.05) is 45.8 Å². The second kappa shape index (κ2) is 7.91. The minimum atomic E-state index is -0.161. The van der Waals surface area contributed by atoms with Crippen molar-refractivity contribution in [2.24, 2.45) is 5.92 Å². The van der Waals surface area contributed by atoms with E-state index < -0.39 is 0 Å². The fourth-order valence-corrected chi connectivity index (χ4v) is 5.24. The van der Waals surface area contributed by atoms with Crippen LogP contribution >= 0.6 is 11.8 Å². The van der Waals surface area contributed by atoms with Crippen molar-refractivity contribution in [3.05, 3.63) is 29.8 Å². The molecular formula is C20H28N2O3S. The Morgan fingerprint density at radius 2 is 1.81 bits per heavy atom. The maximum atomic E-state index is 13.1. The number of benzene rings is 1. The summed E-state index contributed by atoms with van der Waals surface area (Å²) in [6, 6.07) is 7.32. The first kappa shape index (κ1) is 19.1. The second-order valence-corrected chi connectivity index (χ2v) is 8.92. The minimum Gasteiger partial charge on any atom is -0.497 e. The quantitative estimate of drug-likeness (QED) is 0.809. The molecule has 5 nitrogen and oxygen atoms in total. The SMILES string of the molecule is COc1ccc(C(=O)N2CCSC23CCN(C(=O)CC(C)C)CC3)cc1. The number of piperidine rings is 1. The average Bonchev–Trinajstić information content (AvgIpc) is 3.04. The Labute approximate surface area is 160 Å². The van der Waals surface area contributed by atoms with Gasteiger partial charge in [0.1, 0.15) is 5.75 Å². The molecule has 26 heavy (non-hydrogen) atoms. The van der Waals surface area contributed by atoms with E-state index in [1.165, 1.54) is 0 Å². The summed E-state index contributed by atoms with van der Waals surface area (Å²) in [5, 5.41) is 0. The van der Waals surface area contributed by atoms with Gasteiger partial charge < -0.3 is 14.5 Å². The van der Waals surface area contributed by atoms with Gasteiger partial charge in [-0.05, 0) is 43.0 Å². The molecule has 0 N–H and O–H groups in total. The predicted octanol–water partition coefficient (Wildman–Crippen LogP) is 3.25. The highest BCUT2D eigenvalue weighted by Crippen LogP contribution is 2.44. The molecule has 142 valence electrons. The van der Waals surface area contributed by atoms with Gasteiger partial charge in [-0.15, -0.1) is 11.8 Å². The number of carbonyl (C=O) groups excluding carboxylic acids is 2. The first-order valence-corrected chi connectivity index (χ1v) is 10.3. The van der Waals surface area contributed by atoms with Gasteiger partial charge in [-0.25, -0.2) is 0 Å². The summed E-state index contributed by atoms with van der Waals surface area (Å²) < 4.78 is 5.18. The van der Waals surface area contributed by atoms with Gasteiger partial charge in [0.25, 0.3) is 5.91 Å². The molecule has 2 aliphatic rings. The van der Waals surface area contributed by atoms with Crippen molar-refractivity contribution in [2.75, 3.05) is 32.5 Å². The third-order valence-corrected chi connectivity index (χ3v) is 6.79. The molecule has 1 aromatic rings. The van der Waals surface area contributed by atoms with Crippen molar-refractivity contribution in [1.29, 1.82) is 0 Å². The number of ether oxygens (including phenoxy) is 1. The highest BCUT2D eigenvalue weighted by molar-refractivity contribution is 8.00. The molecule has 0 saturated carbocycles. The zero-order valence-electron chi connectivity index (χ0n) is 15.9. The number of nitrogens with zero attached hydrogens (tertiary/aromatic N) is 2. The van der Waals surface area contributed by atoms with Crippen molar-refractivity contribution in [3.63, 3.8) is 0 Å². The topological polar surface area (TPSA) is 49.9 Å². The van der Waals surface area contributed by atoms with Crippen molar-refractivity contribution in [2.45, 2.75) is 38.0 Å². The van der Waals surface area contributed by atoms with Crippen molar-refractivity contribution < 1.29 is 14.3 Å². The minimum absolute atomic E-state index is 0.0830. The van der Waals surface area contributed by atoms with Crippen LogP contribution in [0.25, 0.3) is 0 Å². The van der Waals surface area contributed by atoms with Crippen molar-refractivity contribution in [1.82, 2.24) is 9.80 Å². The summed E-state index contributed by atoms with van der Waals surface area (Å²) in [7, 11) is 1.62. The predicted molar refractivity (Wildman–Crippen MR) is 104 cm³/mol. The van der Waals surface area contributed by atoms with Gasteiger partial charge in [0, 0.05) is 37.4 Å². The number of likely N-dealkylation sites (tertiary alicyclic amines) is 1. The lowest BCUT2D eigenvalue weighted by Crippen LogP contribution is -2.53. The lowest BCUT2D eigenvalue weighted by Gasteiger charge is -2.44. The van der Waals surface area contributed by atoms with Crippen molar-refractivity contribution in [3.8, 4) is 5.75 Å². The van der Waals surface area contributed by atoms with Crippen LogP contribution in [0.15, 0.2) is 24.3 Å². The fourth-order valence-electron chi connectivity index (χ4n) is 3.78. The maximum Gasteiger partial charge on any atom is 0.255 e. The molecule has 2 amide bonds. The van der Waals surface area contributed by atoms with Crippen LogP contribution in [0.5, 0.6) is 5.75 Å². The van der Waals surface area contributed by atoms with Crippen LogP contribution in [-0.4, -0.2) is 59.0 Å². The van der Waals surface area contributed by atoms with E-state index in [4.69, 9.17) is 4.74 Å². The molecule has 0 aliphatic carbocycles. The van der Waals surface area contributed by atoms with Crippen molar-refractivity contribution >= 4 is 23.6 Å². The van der Waals surface area contributed by atoms with Gasteiger partial charge in [-0.1, -0.05) is 13.8 Å². The molecule has 2 fully saturated rings. The Morgan fingerprint density at radius 1 is 1.15 bits per heavy atom. The molecule has 3 rings (SSSR count). The van der Waals surface area contributed by atoms with E-state index in [-0.39, 0.29) is 16.7 Å². The monoisotopic (exact) mass is 376 g/mol. The zero-order valence-corrected chi connectivity index (χ0v) is 16.7. The first-order chi connectivity index (χ1) is 12.4. The van der Waals surface area contributed by atoms with Crippen LogP contribution in [0, 0.1) is 5.92 Å². The molecule has 1 spiro atoms. The fraction of sp³-hybridized carbons (Fsp3) is 0.600. The molecule has 1 aromatic carbocycles. The summed E-state index contributed by atoms with van der Waals surface area (Å²) in [4.78, 5) is 29.3. The van der Waals surface area contributed by atoms with Crippen LogP contribution in [0.2, 0.25) is 0 Å². The van der Waals surface area contributed by atoms with Gasteiger partial charge in [0.2, 0.25) is 5.91 Å². The smallest absolute Gasteiger partial charge is 0.255 e. The van der Waals surface area contributed by atoms with Gasteiger partial charge >= 0.3 is 0 Å². The first-order valence-electron chi connectivity index (χ1n) is 9.33. The molecular weight excluding hydrogens is 348 g/mol. The Balaban J connectivity index is 1.68. The normalized spacial score (nSPS) is 19.2. The Bertz CT molecular complexity index is 652. The molecule has 2 heterocycles. The number of hydrogen-bond acceptors (Lipinski definition) is 4. The summed E-state index contributed by atoms with van der Waals surface area (Å²) in [5.41, 5.74) is 0.700. The van der Waals surface area contributed by atoms with Gasteiger partial charge in [-0.3, -0.25) is 9.59 Å². The number of carbonyl (C=O) groups is 2. The number of thioether (sulfide) groups is 1. The maximum absolute atomic E-state index is 13.1. The molecule has 6 heteroatoms. The highest BCUT2D eigenvalue weighted by atomic mass is 32.2. The standard InChI is InChI=1S/C20H28N2O3S/c1-15(2)14-18(23)21-10-8-20(9-11-21)22(12-13-26-20)19(24)16-4-6-17(25-3)7-5-16/h4-7,15H,8-14H2,1-3H3. The average molecular weight is 377 g/mol.